The standard InChI is InChI=1S/C13H15F2N3OS/c1-20-11-8(2-6(16)3-9(11)15)13(5-14)7-4-10(7)19-12(17)18-13/h2-3,7,10H,4-5,16H2,1H3,(H2,17,18)/t7-,10+,13-/m0/s1. The van der Waals surface area contributed by atoms with Gasteiger partial charge in [0.1, 0.15) is 24.1 Å². The van der Waals surface area contributed by atoms with Gasteiger partial charge >= 0.3 is 0 Å². The number of thioether (sulfide) groups is 1. The highest BCUT2D eigenvalue weighted by atomic mass is 32.2. The molecule has 0 radical (unpaired) electrons. The second-order valence-corrected chi connectivity index (χ2v) is 5.91. The van der Waals surface area contributed by atoms with Crippen LogP contribution in [0, 0.1) is 11.7 Å². The molecular weight excluding hydrogens is 284 g/mol. The number of hydrogen-bond donors (Lipinski definition) is 2. The highest BCUT2D eigenvalue weighted by Gasteiger charge is 2.60. The largest absolute Gasteiger partial charge is 0.462 e. The normalized spacial score (nSPS) is 31.2. The third-order valence-electron chi connectivity index (χ3n) is 3.87. The first-order chi connectivity index (χ1) is 9.51. The zero-order valence-corrected chi connectivity index (χ0v) is 11.7. The van der Waals surface area contributed by atoms with Crippen molar-refractivity contribution in [3.8, 4) is 0 Å². The number of nitrogen functional groups attached to an aromatic ring is 1. The number of amidine groups is 1. The molecule has 4 N–H and O–H groups in total. The summed E-state index contributed by atoms with van der Waals surface area (Å²) in [6.07, 6.45) is 2.27. The van der Waals surface area contributed by atoms with E-state index in [1.807, 2.05) is 0 Å². The van der Waals surface area contributed by atoms with E-state index >= 15 is 0 Å². The van der Waals surface area contributed by atoms with Crippen LogP contribution in [-0.2, 0) is 10.3 Å². The van der Waals surface area contributed by atoms with E-state index in [-0.39, 0.29) is 23.7 Å². The molecule has 0 unspecified atom stereocenters. The Morgan fingerprint density at radius 3 is 2.90 bits per heavy atom. The quantitative estimate of drug-likeness (QED) is 0.661. The fraction of sp³-hybridized carbons (Fsp3) is 0.462. The average Bonchev–Trinajstić information content (AvgIpc) is 3.16. The molecule has 20 heavy (non-hydrogen) atoms. The smallest absolute Gasteiger partial charge is 0.283 e. The zero-order chi connectivity index (χ0) is 14.5. The molecule has 1 aliphatic heterocycles. The van der Waals surface area contributed by atoms with Gasteiger partial charge < -0.3 is 16.2 Å². The van der Waals surface area contributed by atoms with Crippen LogP contribution in [0.3, 0.4) is 0 Å². The molecule has 0 bridgehead atoms. The fourth-order valence-electron chi connectivity index (χ4n) is 2.87. The molecule has 1 fully saturated rings. The lowest BCUT2D eigenvalue weighted by Crippen LogP contribution is -2.39. The molecule has 1 aromatic rings. The first-order valence-corrected chi connectivity index (χ1v) is 7.45. The summed E-state index contributed by atoms with van der Waals surface area (Å²) >= 11 is 1.21. The van der Waals surface area contributed by atoms with Crippen LogP contribution in [0.2, 0.25) is 0 Å². The van der Waals surface area contributed by atoms with E-state index in [1.165, 1.54) is 17.8 Å². The van der Waals surface area contributed by atoms with Gasteiger partial charge in [-0.05, 0) is 24.8 Å². The number of ether oxygens (including phenoxy) is 1. The molecule has 2 aliphatic rings. The summed E-state index contributed by atoms with van der Waals surface area (Å²) in [6.45, 7) is -0.755. The third kappa shape index (κ3) is 1.83. The minimum absolute atomic E-state index is 0.0451. The summed E-state index contributed by atoms with van der Waals surface area (Å²) in [6, 6.07) is 2.78. The van der Waals surface area contributed by atoms with Gasteiger partial charge in [0.15, 0.2) is 0 Å². The molecular formula is C13H15F2N3OS. The van der Waals surface area contributed by atoms with E-state index < -0.39 is 18.0 Å². The number of hydrogen-bond acceptors (Lipinski definition) is 5. The Kier molecular flexibility index (Phi) is 3.04. The van der Waals surface area contributed by atoms with Gasteiger partial charge in [0, 0.05) is 22.1 Å². The minimum atomic E-state index is -1.18. The predicted octanol–water partition coefficient (Wildman–Crippen LogP) is 2.03. The lowest BCUT2D eigenvalue weighted by molar-refractivity contribution is 0.168. The molecule has 4 nitrogen and oxygen atoms in total. The Balaban J connectivity index is 2.22. The molecule has 3 atom stereocenters. The molecule has 0 saturated heterocycles. The third-order valence-corrected chi connectivity index (χ3v) is 4.69. The van der Waals surface area contributed by atoms with Crippen molar-refractivity contribution in [3.63, 3.8) is 0 Å². The van der Waals surface area contributed by atoms with Crippen molar-refractivity contribution in [1.29, 1.82) is 0 Å². The van der Waals surface area contributed by atoms with Crippen molar-refractivity contribution >= 4 is 23.5 Å². The number of alkyl halides is 1. The van der Waals surface area contributed by atoms with E-state index in [4.69, 9.17) is 16.2 Å². The van der Waals surface area contributed by atoms with Crippen LogP contribution >= 0.6 is 11.8 Å². The Hall–Kier alpha value is -1.50. The molecule has 7 heteroatoms. The number of aliphatic imine (C=N–C) groups is 1. The van der Waals surface area contributed by atoms with Gasteiger partial charge in [-0.1, -0.05) is 0 Å². The van der Waals surface area contributed by atoms with Gasteiger partial charge in [0.2, 0.25) is 0 Å². The maximum absolute atomic E-state index is 14.1. The van der Waals surface area contributed by atoms with Crippen molar-refractivity contribution in [2.24, 2.45) is 16.6 Å². The van der Waals surface area contributed by atoms with E-state index in [1.54, 1.807) is 12.3 Å². The fourth-order valence-corrected chi connectivity index (χ4v) is 3.58. The summed E-state index contributed by atoms with van der Waals surface area (Å²) in [4.78, 5) is 4.54. The zero-order valence-electron chi connectivity index (χ0n) is 10.9. The van der Waals surface area contributed by atoms with Gasteiger partial charge in [-0.3, -0.25) is 0 Å². The summed E-state index contributed by atoms with van der Waals surface area (Å²) in [5.41, 5.74) is 10.9. The van der Waals surface area contributed by atoms with Crippen LogP contribution in [0.5, 0.6) is 0 Å². The Morgan fingerprint density at radius 1 is 1.50 bits per heavy atom. The topological polar surface area (TPSA) is 73.6 Å². The summed E-state index contributed by atoms with van der Waals surface area (Å²) in [5.74, 6) is -0.579. The van der Waals surface area contributed by atoms with Crippen molar-refractivity contribution in [3.05, 3.63) is 23.5 Å². The maximum atomic E-state index is 14.1. The molecule has 0 spiro atoms. The molecule has 108 valence electrons. The van der Waals surface area contributed by atoms with Crippen LogP contribution in [0.1, 0.15) is 12.0 Å². The average molecular weight is 299 g/mol. The number of benzene rings is 1. The number of nitrogens with two attached hydrogens (primary N) is 2. The molecule has 0 amide bonds. The van der Waals surface area contributed by atoms with Crippen LogP contribution in [0.15, 0.2) is 22.0 Å². The molecule has 1 saturated carbocycles. The van der Waals surface area contributed by atoms with Crippen molar-refractivity contribution in [2.75, 3.05) is 18.7 Å². The summed E-state index contributed by atoms with van der Waals surface area (Å²) in [7, 11) is 0. The van der Waals surface area contributed by atoms with Gasteiger partial charge in [0.25, 0.3) is 6.02 Å². The van der Waals surface area contributed by atoms with E-state index in [2.05, 4.69) is 4.99 Å². The van der Waals surface area contributed by atoms with E-state index in [0.717, 1.165) is 0 Å². The van der Waals surface area contributed by atoms with Gasteiger partial charge in [-0.2, -0.15) is 0 Å². The van der Waals surface area contributed by atoms with E-state index in [0.29, 0.717) is 16.9 Å². The van der Waals surface area contributed by atoms with Crippen molar-refractivity contribution < 1.29 is 13.5 Å². The lowest BCUT2D eigenvalue weighted by atomic mass is 9.85. The van der Waals surface area contributed by atoms with Gasteiger partial charge in [-0.15, -0.1) is 11.8 Å². The Labute approximate surface area is 119 Å². The van der Waals surface area contributed by atoms with Crippen LogP contribution in [0.25, 0.3) is 0 Å². The SMILES string of the molecule is CSc1c(F)cc(N)cc1[C@@]1(CF)N=C(N)O[C@@H]2C[C@@H]21. The van der Waals surface area contributed by atoms with Gasteiger partial charge in [0.05, 0.1) is 0 Å². The Bertz CT molecular complexity index is 595. The highest BCUT2D eigenvalue weighted by Crippen LogP contribution is 2.55. The summed E-state index contributed by atoms with van der Waals surface area (Å²) in [5, 5.41) is 0. The molecule has 3 rings (SSSR count). The maximum Gasteiger partial charge on any atom is 0.283 e. The molecule has 1 aromatic carbocycles. The highest BCUT2D eigenvalue weighted by molar-refractivity contribution is 7.98. The molecule has 0 aromatic heterocycles. The van der Waals surface area contributed by atoms with Crippen molar-refractivity contribution in [2.45, 2.75) is 23.0 Å². The minimum Gasteiger partial charge on any atom is -0.462 e. The summed E-state index contributed by atoms with van der Waals surface area (Å²) < 4.78 is 33.2. The number of fused-ring (bicyclic) bond motifs is 1. The second kappa shape index (κ2) is 4.51. The first-order valence-electron chi connectivity index (χ1n) is 6.23. The van der Waals surface area contributed by atoms with E-state index in [9.17, 15) is 8.78 Å². The first kappa shape index (κ1) is 13.5. The van der Waals surface area contributed by atoms with Crippen LogP contribution in [0.4, 0.5) is 14.5 Å². The van der Waals surface area contributed by atoms with Crippen LogP contribution < -0.4 is 11.5 Å². The van der Waals surface area contributed by atoms with Crippen LogP contribution in [-0.4, -0.2) is 25.1 Å². The number of anilines is 1. The Morgan fingerprint density at radius 2 is 2.25 bits per heavy atom. The number of rotatable bonds is 3. The second-order valence-electron chi connectivity index (χ2n) is 5.09. The molecule has 1 aliphatic carbocycles. The number of halogens is 2. The predicted molar refractivity (Wildman–Crippen MR) is 74.8 cm³/mol. The monoisotopic (exact) mass is 299 g/mol. The lowest BCUT2D eigenvalue weighted by Gasteiger charge is -2.32. The number of nitrogens with zero attached hydrogens (tertiary/aromatic N) is 1. The van der Waals surface area contributed by atoms with Gasteiger partial charge in [-0.25, -0.2) is 13.8 Å². The van der Waals surface area contributed by atoms with Crippen molar-refractivity contribution in [1.82, 2.24) is 0 Å². The molecule has 1 heterocycles.